The van der Waals surface area contributed by atoms with Crippen LogP contribution in [0.3, 0.4) is 0 Å². The van der Waals surface area contributed by atoms with Gasteiger partial charge in [0.2, 0.25) is 0 Å². The van der Waals surface area contributed by atoms with Gasteiger partial charge in [0, 0.05) is 17.0 Å². The zero-order chi connectivity index (χ0) is 16.7. The van der Waals surface area contributed by atoms with Crippen LogP contribution in [0.1, 0.15) is 29.8 Å². The van der Waals surface area contributed by atoms with Crippen LogP contribution >= 0.6 is 0 Å². The number of fused-ring (bicyclic) bond motifs is 5. The molecule has 4 nitrogen and oxygen atoms in total. The second-order valence-corrected chi connectivity index (χ2v) is 5.73. The van der Waals surface area contributed by atoms with Crippen molar-refractivity contribution in [2.45, 2.75) is 20.3 Å². The lowest BCUT2D eigenvalue weighted by molar-refractivity contribution is 0.0527. The van der Waals surface area contributed by atoms with E-state index in [1.807, 2.05) is 43.3 Å². The summed E-state index contributed by atoms with van der Waals surface area (Å²) in [4.78, 5) is 17.2. The van der Waals surface area contributed by atoms with Crippen molar-refractivity contribution in [3.05, 3.63) is 59.8 Å². The predicted octanol–water partition coefficient (Wildman–Crippen LogP) is 4.38. The van der Waals surface area contributed by atoms with Crippen LogP contribution in [0.2, 0.25) is 0 Å². The van der Waals surface area contributed by atoms with Crippen molar-refractivity contribution in [2.75, 3.05) is 6.61 Å². The Labute approximate surface area is 139 Å². The summed E-state index contributed by atoms with van der Waals surface area (Å²) in [7, 11) is 0. The average Bonchev–Trinajstić information content (AvgIpc) is 3.00. The quantitative estimate of drug-likeness (QED) is 0.527. The molecule has 0 atom stereocenters. The van der Waals surface area contributed by atoms with Crippen molar-refractivity contribution >= 4 is 33.4 Å². The molecule has 4 aromatic rings. The number of carbonyl (C=O) groups excluding carboxylic acids is 1. The number of ether oxygens (including phenoxy) is 1. The fourth-order valence-corrected chi connectivity index (χ4v) is 3.47. The van der Waals surface area contributed by atoms with Crippen LogP contribution in [0.5, 0.6) is 0 Å². The number of carbonyl (C=O) groups is 1. The maximum atomic E-state index is 12.7. The minimum absolute atomic E-state index is 0.258. The van der Waals surface area contributed by atoms with Gasteiger partial charge < -0.3 is 4.74 Å². The molecule has 0 amide bonds. The smallest absolute Gasteiger partial charge is 0.339 e. The average molecular weight is 318 g/mol. The Bertz CT molecular complexity index is 1080. The van der Waals surface area contributed by atoms with Gasteiger partial charge in [-0.25, -0.2) is 9.78 Å². The van der Waals surface area contributed by atoms with Gasteiger partial charge in [-0.15, -0.1) is 0 Å². The van der Waals surface area contributed by atoms with E-state index in [2.05, 4.69) is 22.4 Å². The minimum atomic E-state index is -0.258. The lowest BCUT2D eigenvalue weighted by Crippen LogP contribution is -2.11. The molecule has 0 unspecified atom stereocenters. The molecule has 0 fully saturated rings. The van der Waals surface area contributed by atoms with Gasteiger partial charge in [-0.05, 0) is 43.2 Å². The van der Waals surface area contributed by atoms with Crippen molar-refractivity contribution < 1.29 is 9.53 Å². The third-order valence-corrected chi connectivity index (χ3v) is 4.42. The fraction of sp³-hybridized carbons (Fsp3) is 0.200. The van der Waals surface area contributed by atoms with Gasteiger partial charge in [-0.3, -0.25) is 4.40 Å². The van der Waals surface area contributed by atoms with Crippen LogP contribution in [0.15, 0.2) is 48.7 Å². The standard InChI is InChI=1S/C20H18N2O2/c1-3-14-17-12-13-8-7-11-21-19(13)22(17)16-10-6-5-9-15(16)18(14)20(23)24-4-2/h5-12H,3-4H2,1-2H3. The maximum Gasteiger partial charge on any atom is 0.339 e. The highest BCUT2D eigenvalue weighted by atomic mass is 16.5. The monoisotopic (exact) mass is 318 g/mol. The first-order chi connectivity index (χ1) is 11.8. The number of benzene rings is 1. The third kappa shape index (κ3) is 1.99. The summed E-state index contributed by atoms with van der Waals surface area (Å²) in [5, 5.41) is 1.97. The Balaban J connectivity index is 2.26. The van der Waals surface area contributed by atoms with E-state index in [-0.39, 0.29) is 5.97 Å². The SMILES string of the molecule is CCOC(=O)c1c(CC)c2cc3cccnc3n2c2ccccc12. The summed E-state index contributed by atoms with van der Waals surface area (Å²) in [6, 6.07) is 14.0. The van der Waals surface area contributed by atoms with E-state index in [4.69, 9.17) is 4.74 Å². The molecule has 24 heavy (non-hydrogen) atoms. The van der Waals surface area contributed by atoms with E-state index in [0.29, 0.717) is 12.2 Å². The minimum Gasteiger partial charge on any atom is -0.462 e. The molecule has 0 aliphatic rings. The molecule has 0 bridgehead atoms. The van der Waals surface area contributed by atoms with Crippen molar-refractivity contribution in [3.63, 3.8) is 0 Å². The van der Waals surface area contributed by atoms with Crippen molar-refractivity contribution in [1.82, 2.24) is 9.38 Å². The first kappa shape index (κ1) is 14.7. The number of hydrogen-bond donors (Lipinski definition) is 0. The third-order valence-electron chi connectivity index (χ3n) is 4.42. The highest BCUT2D eigenvalue weighted by molar-refractivity contribution is 6.09. The summed E-state index contributed by atoms with van der Waals surface area (Å²) in [5.74, 6) is -0.258. The summed E-state index contributed by atoms with van der Waals surface area (Å²) >= 11 is 0. The number of aryl methyl sites for hydroxylation is 1. The predicted molar refractivity (Wildman–Crippen MR) is 95.5 cm³/mol. The van der Waals surface area contributed by atoms with Gasteiger partial charge in [-0.1, -0.05) is 25.1 Å². The molecule has 0 aliphatic carbocycles. The second kappa shape index (κ2) is 5.64. The Kier molecular flexibility index (Phi) is 3.45. The van der Waals surface area contributed by atoms with E-state index >= 15 is 0 Å². The molecule has 120 valence electrons. The number of para-hydroxylation sites is 1. The lowest BCUT2D eigenvalue weighted by atomic mass is 9.99. The molecule has 1 aromatic carbocycles. The van der Waals surface area contributed by atoms with Crippen molar-refractivity contribution in [1.29, 1.82) is 0 Å². The van der Waals surface area contributed by atoms with Gasteiger partial charge >= 0.3 is 5.97 Å². The molecule has 4 rings (SSSR count). The molecule has 0 spiro atoms. The van der Waals surface area contributed by atoms with E-state index < -0.39 is 0 Å². The number of nitrogens with zero attached hydrogens (tertiary/aromatic N) is 2. The molecule has 4 heteroatoms. The Morgan fingerprint density at radius 1 is 1.12 bits per heavy atom. The molecule has 3 aromatic heterocycles. The van der Waals surface area contributed by atoms with Gasteiger partial charge in [0.25, 0.3) is 0 Å². The van der Waals surface area contributed by atoms with Crippen LogP contribution < -0.4 is 0 Å². The molecule has 0 saturated heterocycles. The van der Waals surface area contributed by atoms with E-state index in [9.17, 15) is 4.79 Å². The Hall–Kier alpha value is -2.88. The number of pyridine rings is 2. The molecular weight excluding hydrogens is 300 g/mol. The lowest BCUT2D eigenvalue weighted by Gasteiger charge is -2.14. The molecule has 0 radical (unpaired) electrons. The summed E-state index contributed by atoms with van der Waals surface area (Å²) < 4.78 is 7.48. The number of hydrogen-bond acceptors (Lipinski definition) is 3. The molecule has 3 heterocycles. The highest BCUT2D eigenvalue weighted by Crippen LogP contribution is 2.32. The number of aromatic nitrogens is 2. The van der Waals surface area contributed by atoms with Crippen LogP contribution in [0.25, 0.3) is 27.5 Å². The highest BCUT2D eigenvalue weighted by Gasteiger charge is 2.21. The summed E-state index contributed by atoms with van der Waals surface area (Å²) in [6.45, 7) is 4.27. The largest absolute Gasteiger partial charge is 0.462 e. The molecule has 0 aliphatic heterocycles. The Morgan fingerprint density at radius 2 is 1.96 bits per heavy atom. The fourth-order valence-electron chi connectivity index (χ4n) is 3.47. The van der Waals surface area contributed by atoms with Gasteiger partial charge in [-0.2, -0.15) is 0 Å². The zero-order valence-electron chi connectivity index (χ0n) is 13.7. The Morgan fingerprint density at radius 3 is 2.75 bits per heavy atom. The number of esters is 1. The van der Waals surface area contributed by atoms with Gasteiger partial charge in [0.15, 0.2) is 0 Å². The van der Waals surface area contributed by atoms with Crippen LogP contribution in [-0.2, 0) is 11.2 Å². The van der Waals surface area contributed by atoms with Crippen LogP contribution in [0, 0.1) is 0 Å². The van der Waals surface area contributed by atoms with Crippen molar-refractivity contribution in [3.8, 4) is 0 Å². The summed E-state index contributed by atoms with van der Waals surface area (Å²) in [5.41, 5.74) is 4.58. The summed E-state index contributed by atoms with van der Waals surface area (Å²) in [6.07, 6.45) is 2.55. The van der Waals surface area contributed by atoms with Crippen molar-refractivity contribution in [2.24, 2.45) is 0 Å². The topological polar surface area (TPSA) is 43.6 Å². The van der Waals surface area contributed by atoms with E-state index in [1.54, 1.807) is 6.20 Å². The first-order valence-electron chi connectivity index (χ1n) is 8.23. The first-order valence-corrected chi connectivity index (χ1v) is 8.23. The van der Waals surface area contributed by atoms with Gasteiger partial charge in [0.05, 0.1) is 23.2 Å². The van der Waals surface area contributed by atoms with E-state index in [1.165, 1.54) is 0 Å². The molecular formula is C20H18N2O2. The zero-order valence-corrected chi connectivity index (χ0v) is 13.7. The van der Waals surface area contributed by atoms with Gasteiger partial charge in [0.1, 0.15) is 5.65 Å². The normalized spacial score (nSPS) is 11.4. The second-order valence-electron chi connectivity index (χ2n) is 5.73. The van der Waals surface area contributed by atoms with Crippen LogP contribution in [0.4, 0.5) is 0 Å². The molecule has 0 N–H and O–H groups in total. The number of rotatable bonds is 3. The van der Waals surface area contributed by atoms with Crippen LogP contribution in [-0.4, -0.2) is 22.0 Å². The molecule has 0 saturated carbocycles. The maximum absolute atomic E-state index is 12.7. The van der Waals surface area contributed by atoms with E-state index in [0.717, 1.165) is 39.4 Å².